The van der Waals surface area contributed by atoms with Crippen LogP contribution in [-0.2, 0) is 10.8 Å². The van der Waals surface area contributed by atoms with Crippen LogP contribution in [0.3, 0.4) is 0 Å². The van der Waals surface area contributed by atoms with Crippen LogP contribution < -0.4 is 10.4 Å². The summed E-state index contributed by atoms with van der Waals surface area (Å²) in [6.07, 6.45) is 9.08. The van der Waals surface area contributed by atoms with E-state index in [2.05, 4.69) is 97.9 Å². The van der Waals surface area contributed by atoms with E-state index in [-0.39, 0.29) is 0 Å². The highest BCUT2D eigenvalue weighted by Gasteiger charge is 2.53. The lowest BCUT2D eigenvalue weighted by Gasteiger charge is -2.33. The monoisotopic (exact) mass is 414 g/mol. The number of rotatable bonds is 9. The molecule has 30 heavy (non-hydrogen) atoms. The third-order valence-corrected chi connectivity index (χ3v) is 11.3. The van der Waals surface area contributed by atoms with Crippen molar-refractivity contribution in [1.82, 2.24) is 0 Å². The fourth-order valence-electron chi connectivity index (χ4n) is 5.14. The average molecular weight is 415 g/mol. The van der Waals surface area contributed by atoms with Crippen LogP contribution in [0.4, 0.5) is 0 Å². The Kier molecular flexibility index (Phi) is 7.19. The molecule has 1 saturated heterocycles. The van der Waals surface area contributed by atoms with Gasteiger partial charge in [0, 0.05) is 6.10 Å². The summed E-state index contributed by atoms with van der Waals surface area (Å²) in [5.41, 5.74) is 1.99. The van der Waals surface area contributed by atoms with Crippen molar-refractivity contribution in [3.8, 4) is 0 Å². The molecule has 0 aliphatic carbocycles. The maximum absolute atomic E-state index is 7.23. The molecule has 0 bridgehead atoms. The van der Waals surface area contributed by atoms with Crippen molar-refractivity contribution in [3.05, 3.63) is 96.6 Å². The fraction of sp³-hybridized carbons (Fsp3) is 0.357. The molecule has 0 radical (unpaired) electrons. The minimum Gasteiger partial charge on any atom is -0.405 e. The van der Waals surface area contributed by atoms with E-state index >= 15 is 0 Å². The van der Waals surface area contributed by atoms with E-state index in [4.69, 9.17) is 4.43 Å². The Labute approximate surface area is 183 Å². The van der Waals surface area contributed by atoms with Gasteiger partial charge in [-0.2, -0.15) is 0 Å². The summed E-state index contributed by atoms with van der Waals surface area (Å²) in [5.74, 6) is 0. The topological polar surface area (TPSA) is 9.23 Å². The minimum absolute atomic E-state index is 0.377. The summed E-state index contributed by atoms with van der Waals surface area (Å²) in [5, 5.41) is 2.85. The summed E-state index contributed by atoms with van der Waals surface area (Å²) in [6, 6.07) is 33.3. The molecule has 1 aliphatic rings. The molecule has 0 saturated carbocycles. The van der Waals surface area contributed by atoms with Gasteiger partial charge in [-0.25, -0.2) is 0 Å². The largest absolute Gasteiger partial charge is 0.405 e. The molecule has 1 nitrogen and oxygen atoms in total. The molecule has 2 atom stereocenters. The number of hydrogen-bond donors (Lipinski definition) is 0. The van der Waals surface area contributed by atoms with Gasteiger partial charge in [-0.3, -0.25) is 0 Å². The molecule has 1 fully saturated rings. The lowest BCUT2D eigenvalue weighted by Crippen LogP contribution is -2.61. The van der Waals surface area contributed by atoms with Gasteiger partial charge in [0.2, 0.25) is 0 Å². The normalized spacial score (nSPS) is 20.3. The lowest BCUT2D eigenvalue weighted by atomic mass is 10.0. The van der Waals surface area contributed by atoms with E-state index < -0.39 is 8.32 Å². The van der Waals surface area contributed by atoms with Crippen molar-refractivity contribution in [1.29, 1.82) is 0 Å². The summed E-state index contributed by atoms with van der Waals surface area (Å²) in [6.45, 7) is 2.28. The molecule has 0 spiro atoms. The average Bonchev–Trinajstić information content (AvgIpc) is 3.17. The molecular weight excluding hydrogens is 380 g/mol. The van der Waals surface area contributed by atoms with Crippen molar-refractivity contribution in [2.24, 2.45) is 0 Å². The summed E-state index contributed by atoms with van der Waals surface area (Å²) in [7, 11) is -2.33. The zero-order chi connectivity index (χ0) is 20.7. The summed E-state index contributed by atoms with van der Waals surface area (Å²) >= 11 is 0. The first kappa shape index (κ1) is 21.1. The van der Waals surface area contributed by atoms with Crippen LogP contribution in [0, 0.1) is 0 Å². The zero-order valence-electron chi connectivity index (χ0n) is 18.2. The molecule has 2 heteroatoms. The molecule has 3 aromatic rings. The molecule has 4 rings (SSSR count). The first-order chi connectivity index (χ1) is 14.8. The Morgan fingerprint density at radius 3 is 1.87 bits per heavy atom. The molecule has 156 valence electrons. The van der Waals surface area contributed by atoms with Gasteiger partial charge in [0.1, 0.15) is 0 Å². The first-order valence-electron chi connectivity index (χ1n) is 11.7. The maximum Gasteiger partial charge on any atom is 0.259 e. The Hall–Kier alpha value is -2.16. The Morgan fingerprint density at radius 1 is 0.733 bits per heavy atom. The Morgan fingerprint density at radius 2 is 1.30 bits per heavy atom. The second-order valence-corrected chi connectivity index (χ2v) is 12.4. The van der Waals surface area contributed by atoms with E-state index in [0.29, 0.717) is 11.6 Å². The van der Waals surface area contributed by atoms with E-state index in [1.165, 1.54) is 54.5 Å². The van der Waals surface area contributed by atoms with Gasteiger partial charge < -0.3 is 4.43 Å². The van der Waals surface area contributed by atoms with Gasteiger partial charge in [0.25, 0.3) is 8.32 Å². The van der Waals surface area contributed by atoms with Crippen LogP contribution in [0.2, 0.25) is 5.54 Å². The van der Waals surface area contributed by atoms with Crippen molar-refractivity contribution < 1.29 is 4.43 Å². The highest BCUT2D eigenvalue weighted by Crippen LogP contribution is 2.41. The van der Waals surface area contributed by atoms with Crippen LogP contribution in [0.5, 0.6) is 0 Å². The van der Waals surface area contributed by atoms with E-state index in [9.17, 15) is 0 Å². The lowest BCUT2D eigenvalue weighted by molar-refractivity contribution is 0.211. The van der Waals surface area contributed by atoms with Gasteiger partial charge in [-0.1, -0.05) is 124 Å². The van der Waals surface area contributed by atoms with Gasteiger partial charge in [0.15, 0.2) is 0 Å². The third kappa shape index (κ3) is 4.60. The summed E-state index contributed by atoms with van der Waals surface area (Å²) in [4.78, 5) is 0. The van der Waals surface area contributed by atoms with Gasteiger partial charge in [0.05, 0.1) is 0 Å². The molecule has 0 aromatic heterocycles. The molecule has 1 heterocycles. The number of benzene rings is 3. The predicted molar refractivity (Wildman–Crippen MR) is 130 cm³/mol. The van der Waals surface area contributed by atoms with E-state index in [0.717, 1.165) is 6.42 Å². The molecule has 3 aromatic carbocycles. The highest BCUT2D eigenvalue weighted by molar-refractivity contribution is 6.99. The third-order valence-electron chi connectivity index (χ3n) is 6.58. The SMILES string of the molecule is CCCCCCC1CC(Cc2ccccc2)[Si](c2ccccc2)(c2ccccc2)O1. The van der Waals surface area contributed by atoms with Crippen LogP contribution >= 0.6 is 0 Å². The number of unbranched alkanes of at least 4 members (excludes halogenated alkanes) is 3. The molecule has 0 N–H and O–H groups in total. The van der Waals surface area contributed by atoms with Crippen LogP contribution in [0.15, 0.2) is 91.0 Å². The quantitative estimate of drug-likeness (QED) is 0.303. The Bertz CT molecular complexity index is 839. The van der Waals surface area contributed by atoms with Crippen molar-refractivity contribution >= 4 is 18.7 Å². The predicted octanol–water partition coefficient (Wildman–Crippen LogP) is 6.12. The van der Waals surface area contributed by atoms with Crippen molar-refractivity contribution in [2.45, 2.75) is 63.5 Å². The molecule has 2 unspecified atom stereocenters. The number of hydrogen-bond acceptors (Lipinski definition) is 1. The van der Waals surface area contributed by atoms with Gasteiger partial charge in [-0.05, 0) is 40.7 Å². The van der Waals surface area contributed by atoms with Gasteiger partial charge in [-0.15, -0.1) is 0 Å². The highest BCUT2D eigenvalue weighted by atomic mass is 28.4. The van der Waals surface area contributed by atoms with Crippen LogP contribution in [0.1, 0.15) is 51.0 Å². The Balaban J connectivity index is 1.71. The van der Waals surface area contributed by atoms with E-state index in [1.807, 2.05) is 0 Å². The second-order valence-electron chi connectivity index (χ2n) is 8.68. The smallest absolute Gasteiger partial charge is 0.259 e. The maximum atomic E-state index is 7.23. The molecular formula is C28H34OSi. The van der Waals surface area contributed by atoms with Crippen molar-refractivity contribution in [2.75, 3.05) is 0 Å². The van der Waals surface area contributed by atoms with Gasteiger partial charge >= 0.3 is 0 Å². The standard InChI is InChI=1S/C28H34OSi/c1-2-3-4-10-17-25-23-28(22-24-15-8-5-9-16-24)30(29-25,26-18-11-6-12-19-26)27-20-13-7-14-21-27/h5-9,11-16,18-21,25,28H,2-4,10,17,22-23H2,1H3. The van der Waals surface area contributed by atoms with Crippen LogP contribution in [0.25, 0.3) is 0 Å². The molecule has 1 aliphatic heterocycles. The zero-order valence-corrected chi connectivity index (χ0v) is 19.2. The first-order valence-corrected chi connectivity index (χ1v) is 13.6. The summed E-state index contributed by atoms with van der Waals surface area (Å²) < 4.78 is 7.23. The minimum atomic E-state index is -2.33. The second kappa shape index (κ2) is 10.2. The molecule has 0 amide bonds. The van der Waals surface area contributed by atoms with Crippen molar-refractivity contribution in [3.63, 3.8) is 0 Å². The fourth-order valence-corrected chi connectivity index (χ4v) is 10.1. The van der Waals surface area contributed by atoms with Crippen LogP contribution in [-0.4, -0.2) is 14.4 Å². The van der Waals surface area contributed by atoms with E-state index in [1.54, 1.807) is 0 Å².